The number of anilines is 1. The van der Waals surface area contributed by atoms with Crippen LogP contribution in [0.5, 0.6) is 5.75 Å². The van der Waals surface area contributed by atoms with Crippen LogP contribution in [0, 0.1) is 0 Å². The summed E-state index contributed by atoms with van der Waals surface area (Å²) in [5, 5.41) is 16.5. The summed E-state index contributed by atoms with van der Waals surface area (Å²) in [5.74, 6) is -0.398. The van der Waals surface area contributed by atoms with Crippen LogP contribution >= 0.6 is 11.6 Å². The Hall–Kier alpha value is -3.90. The lowest BCUT2D eigenvalue weighted by Gasteiger charge is -2.02. The second-order valence-electron chi connectivity index (χ2n) is 6.61. The molecule has 30 heavy (non-hydrogen) atoms. The zero-order valence-electron chi connectivity index (χ0n) is 15.6. The van der Waals surface area contributed by atoms with Gasteiger partial charge in [0.1, 0.15) is 5.75 Å². The molecule has 148 valence electrons. The quantitative estimate of drug-likeness (QED) is 0.336. The highest BCUT2D eigenvalue weighted by molar-refractivity contribution is 6.36. The normalized spacial score (nSPS) is 14.0. The van der Waals surface area contributed by atoms with Crippen molar-refractivity contribution < 1.29 is 14.7 Å². The molecule has 0 atom stereocenters. The second-order valence-corrected chi connectivity index (χ2v) is 7.05. The van der Waals surface area contributed by atoms with Gasteiger partial charge in [0.05, 0.1) is 6.21 Å². The topological polar surface area (TPSA) is 90.8 Å². The number of amides is 2. The lowest BCUT2D eigenvalue weighted by molar-refractivity contribution is -0.110. The summed E-state index contributed by atoms with van der Waals surface area (Å²) in [6.45, 7) is 0. The Morgan fingerprint density at radius 3 is 2.43 bits per heavy atom. The second kappa shape index (κ2) is 8.23. The van der Waals surface area contributed by atoms with Crippen LogP contribution in [-0.2, 0) is 4.79 Å². The molecule has 2 amide bonds. The number of rotatable bonds is 4. The fourth-order valence-electron chi connectivity index (χ4n) is 2.99. The number of hydrogen-bond donors (Lipinski definition) is 3. The molecule has 0 saturated carbocycles. The fraction of sp³-hybridized carbons (Fsp3) is 0. The third-order valence-electron chi connectivity index (χ3n) is 4.52. The number of hydrazone groups is 1. The first-order chi connectivity index (χ1) is 14.5. The lowest BCUT2D eigenvalue weighted by atomic mass is 10.0. The van der Waals surface area contributed by atoms with E-state index in [1.807, 2.05) is 0 Å². The highest BCUT2D eigenvalue weighted by Gasteiger charge is 2.24. The van der Waals surface area contributed by atoms with Crippen LogP contribution in [0.15, 0.2) is 71.8 Å². The summed E-state index contributed by atoms with van der Waals surface area (Å²) in [5.41, 5.74) is 6.39. The standard InChI is InChI=1S/C23H16ClN3O3/c24-17-7-10-21-19(12-17)20(23(30)26-21)11-14-1-5-16(6-2-14)22(29)27-25-13-15-3-8-18(28)9-4-15/h1-13,28H,(H,26,30)(H,27,29)/b20-11+,25-13+. The molecule has 1 aliphatic rings. The monoisotopic (exact) mass is 417 g/mol. The van der Waals surface area contributed by atoms with E-state index >= 15 is 0 Å². The molecule has 6 nitrogen and oxygen atoms in total. The van der Waals surface area contributed by atoms with Crippen LogP contribution in [0.2, 0.25) is 5.02 Å². The first-order valence-electron chi connectivity index (χ1n) is 9.05. The van der Waals surface area contributed by atoms with E-state index in [-0.39, 0.29) is 17.6 Å². The van der Waals surface area contributed by atoms with Gasteiger partial charge in [-0.15, -0.1) is 0 Å². The lowest BCUT2D eigenvalue weighted by Crippen LogP contribution is -2.17. The molecule has 0 bridgehead atoms. The number of hydrogen-bond acceptors (Lipinski definition) is 4. The van der Waals surface area contributed by atoms with Crippen molar-refractivity contribution in [3.63, 3.8) is 0 Å². The predicted octanol–water partition coefficient (Wildman–Crippen LogP) is 4.30. The van der Waals surface area contributed by atoms with Gasteiger partial charge in [-0.25, -0.2) is 5.43 Å². The minimum absolute atomic E-state index is 0.160. The van der Waals surface area contributed by atoms with Gasteiger partial charge >= 0.3 is 0 Å². The molecule has 0 aliphatic carbocycles. The zero-order chi connectivity index (χ0) is 21.1. The van der Waals surface area contributed by atoms with Gasteiger partial charge in [0, 0.05) is 27.4 Å². The number of nitrogens with zero attached hydrogens (tertiary/aromatic N) is 1. The summed E-state index contributed by atoms with van der Waals surface area (Å²) < 4.78 is 0. The molecular weight excluding hydrogens is 402 g/mol. The molecular formula is C23H16ClN3O3. The Morgan fingerprint density at radius 2 is 1.70 bits per heavy atom. The Bertz CT molecular complexity index is 1180. The number of fused-ring (bicyclic) bond motifs is 1. The van der Waals surface area contributed by atoms with E-state index < -0.39 is 0 Å². The van der Waals surface area contributed by atoms with Crippen molar-refractivity contribution in [2.75, 3.05) is 5.32 Å². The first kappa shape index (κ1) is 19.4. The van der Waals surface area contributed by atoms with Crippen molar-refractivity contribution in [3.05, 3.63) is 94.0 Å². The molecule has 4 rings (SSSR count). The molecule has 0 saturated heterocycles. The van der Waals surface area contributed by atoms with Crippen LogP contribution in [0.3, 0.4) is 0 Å². The molecule has 1 heterocycles. The van der Waals surface area contributed by atoms with Crippen molar-refractivity contribution in [3.8, 4) is 5.75 Å². The van der Waals surface area contributed by atoms with Crippen molar-refractivity contribution in [1.29, 1.82) is 0 Å². The van der Waals surface area contributed by atoms with Gasteiger partial charge in [-0.05, 0) is 71.8 Å². The maximum Gasteiger partial charge on any atom is 0.271 e. The minimum atomic E-state index is -0.361. The number of carbonyl (C=O) groups is 2. The summed E-state index contributed by atoms with van der Waals surface area (Å²) in [7, 11) is 0. The van der Waals surface area contributed by atoms with Crippen molar-refractivity contribution in [2.24, 2.45) is 5.10 Å². The van der Waals surface area contributed by atoms with E-state index in [9.17, 15) is 14.7 Å². The number of phenolic OH excluding ortho intramolecular Hbond substituents is 1. The van der Waals surface area contributed by atoms with Gasteiger partial charge in [0.15, 0.2) is 0 Å². The van der Waals surface area contributed by atoms with Crippen LogP contribution in [0.25, 0.3) is 11.6 Å². The molecule has 3 aromatic carbocycles. The van der Waals surface area contributed by atoms with Crippen LogP contribution in [-0.4, -0.2) is 23.1 Å². The summed E-state index contributed by atoms with van der Waals surface area (Å²) in [4.78, 5) is 24.5. The number of carbonyl (C=O) groups excluding carboxylic acids is 2. The van der Waals surface area contributed by atoms with E-state index in [0.29, 0.717) is 16.2 Å². The largest absolute Gasteiger partial charge is 0.508 e. The third-order valence-corrected chi connectivity index (χ3v) is 4.76. The number of benzene rings is 3. The molecule has 0 spiro atoms. The number of phenols is 1. The molecule has 1 aliphatic heterocycles. The Labute approximate surface area is 177 Å². The van der Waals surface area contributed by atoms with E-state index in [1.54, 1.807) is 60.7 Å². The molecule has 0 unspecified atom stereocenters. The predicted molar refractivity (Wildman–Crippen MR) is 118 cm³/mol. The van der Waals surface area contributed by atoms with Crippen LogP contribution < -0.4 is 10.7 Å². The number of aromatic hydroxyl groups is 1. The first-order valence-corrected chi connectivity index (χ1v) is 9.43. The third kappa shape index (κ3) is 4.24. The van der Waals surface area contributed by atoms with Gasteiger partial charge in [0.2, 0.25) is 0 Å². The van der Waals surface area contributed by atoms with Gasteiger partial charge in [-0.2, -0.15) is 5.10 Å². The maximum atomic E-state index is 12.3. The smallest absolute Gasteiger partial charge is 0.271 e. The van der Waals surface area contributed by atoms with Gasteiger partial charge in [-0.1, -0.05) is 23.7 Å². The van der Waals surface area contributed by atoms with Crippen LogP contribution in [0.1, 0.15) is 27.0 Å². The zero-order valence-corrected chi connectivity index (χ0v) is 16.4. The van der Waals surface area contributed by atoms with Crippen LogP contribution in [0.4, 0.5) is 5.69 Å². The van der Waals surface area contributed by atoms with E-state index in [2.05, 4.69) is 15.8 Å². The van der Waals surface area contributed by atoms with Gasteiger partial charge in [-0.3, -0.25) is 9.59 Å². The SMILES string of the molecule is O=C1Nc2ccc(Cl)cc2/C1=C\c1ccc(C(=O)N/N=C/c2ccc(O)cc2)cc1. The van der Waals surface area contributed by atoms with Crippen molar-refractivity contribution in [1.82, 2.24) is 5.43 Å². The van der Waals surface area contributed by atoms with Gasteiger partial charge < -0.3 is 10.4 Å². The Balaban J connectivity index is 1.46. The highest BCUT2D eigenvalue weighted by Crippen LogP contribution is 2.34. The average Bonchev–Trinajstić information content (AvgIpc) is 3.04. The van der Waals surface area contributed by atoms with E-state index in [1.165, 1.54) is 18.3 Å². The fourth-order valence-corrected chi connectivity index (χ4v) is 3.16. The van der Waals surface area contributed by atoms with E-state index in [0.717, 1.165) is 22.4 Å². The average molecular weight is 418 g/mol. The minimum Gasteiger partial charge on any atom is -0.508 e. The molecule has 0 aromatic heterocycles. The van der Waals surface area contributed by atoms with E-state index in [4.69, 9.17) is 11.6 Å². The molecule has 3 N–H and O–H groups in total. The molecule has 0 radical (unpaired) electrons. The summed E-state index contributed by atoms with van der Waals surface area (Å²) in [6, 6.07) is 18.5. The summed E-state index contributed by atoms with van der Waals surface area (Å²) in [6.07, 6.45) is 3.24. The number of halogens is 1. The number of nitrogens with one attached hydrogen (secondary N) is 2. The van der Waals surface area contributed by atoms with Crippen molar-refractivity contribution >= 4 is 47.0 Å². The summed E-state index contributed by atoms with van der Waals surface area (Å²) >= 11 is 6.05. The maximum absolute atomic E-state index is 12.3. The molecule has 0 fully saturated rings. The Kier molecular flexibility index (Phi) is 5.32. The van der Waals surface area contributed by atoms with Gasteiger partial charge in [0.25, 0.3) is 11.8 Å². The highest BCUT2D eigenvalue weighted by atomic mass is 35.5. The Morgan fingerprint density at radius 1 is 1.00 bits per heavy atom. The molecule has 3 aromatic rings. The van der Waals surface area contributed by atoms with Crippen molar-refractivity contribution in [2.45, 2.75) is 0 Å². The molecule has 7 heteroatoms.